The number of carbonyl (C=O) groups is 1. The standard InChI is InChI=1S/C26H26N4O4/c1-15-10-22-21(28-25(32)23-13-27-24(30(22)23)17-5-8-34-9-6-17)12-20(15)26(33)29-7-4-16-2-3-19(31)11-18(16)14-29/h2-3,10-13,17,31H,4-9,14H2,1H3,(H,28,32). The van der Waals surface area contributed by atoms with Gasteiger partial charge in [0.1, 0.15) is 17.1 Å². The van der Waals surface area contributed by atoms with Gasteiger partial charge in [-0.25, -0.2) is 4.98 Å². The molecule has 2 aromatic carbocycles. The molecule has 4 heterocycles. The molecule has 2 aliphatic rings. The number of hydrogen-bond acceptors (Lipinski definition) is 5. The molecule has 4 aromatic rings. The summed E-state index contributed by atoms with van der Waals surface area (Å²) in [5.74, 6) is 1.23. The molecular weight excluding hydrogens is 432 g/mol. The SMILES string of the molecule is Cc1cc2c(cc1C(=O)N1CCc3ccc(O)cc3C1)[nH]c(=O)c1cnc(C3CCOCC3)n12. The monoisotopic (exact) mass is 458 g/mol. The van der Waals surface area contributed by atoms with Gasteiger partial charge in [-0.05, 0) is 67.1 Å². The van der Waals surface area contributed by atoms with Gasteiger partial charge in [-0.15, -0.1) is 0 Å². The molecule has 1 fully saturated rings. The van der Waals surface area contributed by atoms with E-state index in [1.165, 1.54) is 0 Å². The highest BCUT2D eigenvalue weighted by Crippen LogP contribution is 2.30. The lowest BCUT2D eigenvalue weighted by molar-refractivity contribution is 0.0734. The third-order valence-electron chi connectivity index (χ3n) is 7.16. The summed E-state index contributed by atoms with van der Waals surface area (Å²) in [6.45, 7) is 4.37. The van der Waals surface area contributed by atoms with Gasteiger partial charge >= 0.3 is 0 Å². The van der Waals surface area contributed by atoms with Crippen LogP contribution in [-0.4, -0.2) is 50.0 Å². The fourth-order valence-corrected chi connectivity index (χ4v) is 5.31. The zero-order valence-corrected chi connectivity index (χ0v) is 19.0. The number of aryl methyl sites for hydroxylation is 1. The predicted octanol–water partition coefficient (Wildman–Crippen LogP) is 3.28. The summed E-state index contributed by atoms with van der Waals surface area (Å²) >= 11 is 0. The number of H-pyrrole nitrogens is 1. The number of fused-ring (bicyclic) bond motifs is 4. The average Bonchev–Trinajstić information content (AvgIpc) is 3.30. The molecule has 2 N–H and O–H groups in total. The molecule has 0 atom stereocenters. The smallest absolute Gasteiger partial charge is 0.274 e. The molecule has 0 spiro atoms. The third-order valence-corrected chi connectivity index (χ3v) is 7.16. The lowest BCUT2D eigenvalue weighted by Gasteiger charge is -2.29. The molecule has 1 amide bonds. The molecule has 0 radical (unpaired) electrons. The van der Waals surface area contributed by atoms with Crippen molar-refractivity contribution in [3.63, 3.8) is 0 Å². The number of aromatic hydroxyl groups is 1. The number of rotatable bonds is 2. The maximum absolute atomic E-state index is 13.5. The number of benzene rings is 2. The largest absolute Gasteiger partial charge is 0.508 e. The van der Waals surface area contributed by atoms with Crippen molar-refractivity contribution >= 4 is 22.5 Å². The molecular formula is C26H26N4O4. The van der Waals surface area contributed by atoms with Crippen molar-refractivity contribution in [3.8, 4) is 5.75 Å². The molecule has 2 aliphatic heterocycles. The Morgan fingerprint density at radius 3 is 2.79 bits per heavy atom. The highest BCUT2D eigenvalue weighted by Gasteiger charge is 2.26. The van der Waals surface area contributed by atoms with Crippen molar-refractivity contribution in [1.29, 1.82) is 0 Å². The van der Waals surface area contributed by atoms with Crippen LogP contribution in [0.2, 0.25) is 0 Å². The van der Waals surface area contributed by atoms with Crippen LogP contribution in [0.25, 0.3) is 16.6 Å². The molecule has 0 saturated carbocycles. The zero-order chi connectivity index (χ0) is 23.4. The van der Waals surface area contributed by atoms with E-state index in [1.54, 1.807) is 29.3 Å². The van der Waals surface area contributed by atoms with Crippen molar-refractivity contribution in [2.75, 3.05) is 19.8 Å². The van der Waals surface area contributed by atoms with Crippen molar-refractivity contribution in [2.45, 2.75) is 38.6 Å². The van der Waals surface area contributed by atoms with Crippen molar-refractivity contribution in [3.05, 3.63) is 75.0 Å². The summed E-state index contributed by atoms with van der Waals surface area (Å²) in [4.78, 5) is 35.7. The Kier molecular flexibility index (Phi) is 4.91. The van der Waals surface area contributed by atoms with E-state index in [0.717, 1.165) is 47.3 Å². The van der Waals surface area contributed by atoms with Crippen molar-refractivity contribution in [2.24, 2.45) is 0 Å². The number of phenolic OH excluding ortho intramolecular Hbond substituents is 1. The van der Waals surface area contributed by atoms with E-state index in [-0.39, 0.29) is 23.1 Å². The summed E-state index contributed by atoms with van der Waals surface area (Å²) in [5, 5.41) is 9.85. The molecule has 8 nitrogen and oxygen atoms in total. The minimum absolute atomic E-state index is 0.0791. The van der Waals surface area contributed by atoms with Gasteiger partial charge in [-0.1, -0.05) is 6.07 Å². The van der Waals surface area contributed by atoms with E-state index in [1.807, 2.05) is 23.5 Å². The minimum Gasteiger partial charge on any atom is -0.508 e. The van der Waals surface area contributed by atoms with Gasteiger partial charge in [0.25, 0.3) is 11.5 Å². The maximum atomic E-state index is 13.5. The maximum Gasteiger partial charge on any atom is 0.274 e. The number of carbonyl (C=O) groups excluding carboxylic acids is 1. The number of phenols is 1. The quantitative estimate of drug-likeness (QED) is 0.480. The molecule has 0 aliphatic carbocycles. The van der Waals surface area contributed by atoms with E-state index in [9.17, 15) is 14.7 Å². The van der Waals surface area contributed by atoms with Gasteiger partial charge in [0.15, 0.2) is 0 Å². The number of nitrogens with one attached hydrogen (secondary N) is 1. The Morgan fingerprint density at radius 1 is 1.15 bits per heavy atom. The minimum atomic E-state index is -0.220. The van der Waals surface area contributed by atoms with Gasteiger partial charge in [0.2, 0.25) is 0 Å². The molecule has 0 bridgehead atoms. The van der Waals surface area contributed by atoms with Crippen molar-refractivity contribution in [1.82, 2.24) is 19.3 Å². The first-order chi connectivity index (χ1) is 16.5. The number of imidazole rings is 1. The second kappa shape index (κ2) is 7.99. The van der Waals surface area contributed by atoms with Gasteiger partial charge < -0.3 is 19.7 Å². The van der Waals surface area contributed by atoms with Crippen LogP contribution >= 0.6 is 0 Å². The number of amides is 1. The Balaban J connectivity index is 1.42. The number of ether oxygens (including phenoxy) is 1. The van der Waals surface area contributed by atoms with Crippen LogP contribution in [-0.2, 0) is 17.7 Å². The summed E-state index contributed by atoms with van der Waals surface area (Å²) in [6.07, 6.45) is 4.12. The number of aromatic nitrogens is 3. The Morgan fingerprint density at radius 2 is 1.97 bits per heavy atom. The second-order valence-electron chi connectivity index (χ2n) is 9.29. The van der Waals surface area contributed by atoms with Crippen LogP contribution in [0.4, 0.5) is 0 Å². The topological polar surface area (TPSA) is 99.9 Å². The third kappa shape index (κ3) is 3.37. The van der Waals surface area contributed by atoms with Crippen molar-refractivity contribution < 1.29 is 14.6 Å². The second-order valence-corrected chi connectivity index (χ2v) is 9.29. The van der Waals surface area contributed by atoms with Gasteiger partial charge in [0, 0.05) is 37.8 Å². The molecule has 1 saturated heterocycles. The lowest BCUT2D eigenvalue weighted by atomic mass is 9.97. The first-order valence-electron chi connectivity index (χ1n) is 11.7. The average molecular weight is 459 g/mol. The number of hydrogen-bond donors (Lipinski definition) is 2. The predicted molar refractivity (Wildman–Crippen MR) is 127 cm³/mol. The normalized spacial score (nSPS) is 16.8. The summed E-state index contributed by atoms with van der Waals surface area (Å²) < 4.78 is 7.46. The number of nitrogens with zero attached hydrogens (tertiary/aromatic N) is 3. The van der Waals surface area contributed by atoms with E-state index >= 15 is 0 Å². The molecule has 8 heteroatoms. The molecule has 2 aromatic heterocycles. The van der Waals surface area contributed by atoms with E-state index in [4.69, 9.17) is 4.74 Å². The van der Waals surface area contributed by atoms with Crippen LogP contribution in [0.5, 0.6) is 5.75 Å². The number of aromatic amines is 1. The van der Waals surface area contributed by atoms with Crippen LogP contribution in [0.1, 0.15) is 51.6 Å². The molecule has 0 unspecified atom stereocenters. The fourth-order valence-electron chi connectivity index (χ4n) is 5.31. The first-order valence-corrected chi connectivity index (χ1v) is 11.7. The Labute approximate surface area is 195 Å². The Bertz CT molecular complexity index is 1500. The highest BCUT2D eigenvalue weighted by atomic mass is 16.5. The highest BCUT2D eigenvalue weighted by molar-refractivity contribution is 5.99. The molecule has 174 valence electrons. The van der Waals surface area contributed by atoms with E-state index < -0.39 is 0 Å². The van der Waals surface area contributed by atoms with E-state index in [0.29, 0.717) is 42.9 Å². The first kappa shape index (κ1) is 20.9. The van der Waals surface area contributed by atoms with Gasteiger partial charge in [0.05, 0.1) is 17.2 Å². The molecule has 6 rings (SSSR count). The fraction of sp³-hybridized carbons (Fsp3) is 0.346. The summed E-state index contributed by atoms with van der Waals surface area (Å²) in [7, 11) is 0. The summed E-state index contributed by atoms with van der Waals surface area (Å²) in [5.41, 5.74) is 5.29. The van der Waals surface area contributed by atoms with Gasteiger partial charge in [-0.2, -0.15) is 0 Å². The van der Waals surface area contributed by atoms with Crippen LogP contribution in [0.3, 0.4) is 0 Å². The summed E-state index contributed by atoms with van der Waals surface area (Å²) in [6, 6.07) is 9.10. The zero-order valence-electron chi connectivity index (χ0n) is 19.0. The van der Waals surface area contributed by atoms with Gasteiger partial charge in [-0.3, -0.25) is 14.0 Å². The Hall–Kier alpha value is -3.65. The van der Waals surface area contributed by atoms with Crippen LogP contribution in [0.15, 0.2) is 41.3 Å². The van der Waals surface area contributed by atoms with E-state index in [2.05, 4.69) is 9.97 Å². The van der Waals surface area contributed by atoms with Crippen LogP contribution < -0.4 is 5.56 Å². The lowest BCUT2D eigenvalue weighted by Crippen LogP contribution is -2.36. The van der Waals surface area contributed by atoms with Crippen LogP contribution in [0, 0.1) is 6.92 Å². The molecule has 34 heavy (non-hydrogen) atoms.